The van der Waals surface area contributed by atoms with Crippen LogP contribution in [0.2, 0.25) is 0 Å². The molecule has 0 bridgehead atoms. The van der Waals surface area contributed by atoms with E-state index in [1.807, 2.05) is 0 Å². The summed E-state index contributed by atoms with van der Waals surface area (Å²) in [4.78, 5) is 14.2. The van der Waals surface area contributed by atoms with Crippen molar-refractivity contribution in [1.82, 2.24) is 4.98 Å². The highest BCUT2D eigenvalue weighted by Gasteiger charge is 2.02. The Morgan fingerprint density at radius 1 is 1.73 bits per heavy atom. The maximum absolute atomic E-state index is 10.3. The van der Waals surface area contributed by atoms with Crippen molar-refractivity contribution in [2.75, 3.05) is 11.9 Å². The first-order valence-electron chi connectivity index (χ1n) is 4.35. The van der Waals surface area contributed by atoms with Crippen molar-refractivity contribution in [3.05, 3.63) is 18.3 Å². The zero-order chi connectivity index (χ0) is 11.3. The lowest BCUT2D eigenvalue weighted by Gasteiger charge is -2.08. The molecule has 1 rings (SSSR count). The molecule has 0 spiro atoms. The standard InChI is InChI=1S/C9H12N2O4/c1-6(12)5-15-8-4-7(2-3-10-8)11-9(13)14/h2-4,6,12H,5H2,1H3,(H,10,11)(H,13,14). The zero-order valence-electron chi connectivity index (χ0n) is 8.17. The minimum Gasteiger partial charge on any atom is -0.475 e. The van der Waals surface area contributed by atoms with Gasteiger partial charge in [0.2, 0.25) is 5.88 Å². The molecule has 6 heteroatoms. The number of aliphatic hydroxyl groups is 1. The van der Waals surface area contributed by atoms with Crippen molar-refractivity contribution < 1.29 is 19.7 Å². The summed E-state index contributed by atoms with van der Waals surface area (Å²) in [6, 6.07) is 2.94. The average Bonchev–Trinajstić information content (AvgIpc) is 2.14. The molecule has 0 saturated carbocycles. The number of pyridine rings is 1. The molecule has 0 aromatic carbocycles. The third-order valence-electron chi connectivity index (χ3n) is 1.46. The number of hydrogen-bond donors (Lipinski definition) is 3. The Labute approximate surface area is 86.5 Å². The third-order valence-corrected chi connectivity index (χ3v) is 1.46. The van der Waals surface area contributed by atoms with Crippen LogP contribution < -0.4 is 10.1 Å². The summed E-state index contributed by atoms with van der Waals surface area (Å²) in [7, 11) is 0. The maximum Gasteiger partial charge on any atom is 0.409 e. The van der Waals surface area contributed by atoms with Gasteiger partial charge in [0.05, 0.1) is 11.8 Å². The van der Waals surface area contributed by atoms with Gasteiger partial charge in [0.25, 0.3) is 0 Å². The van der Waals surface area contributed by atoms with Gasteiger partial charge in [-0.25, -0.2) is 9.78 Å². The Morgan fingerprint density at radius 2 is 2.47 bits per heavy atom. The number of carbonyl (C=O) groups is 1. The van der Waals surface area contributed by atoms with Crippen LogP contribution in [0.4, 0.5) is 10.5 Å². The largest absolute Gasteiger partial charge is 0.475 e. The summed E-state index contributed by atoms with van der Waals surface area (Å²) in [5.41, 5.74) is 0.373. The normalized spacial score (nSPS) is 11.9. The van der Waals surface area contributed by atoms with Crippen LogP contribution in [0.3, 0.4) is 0 Å². The molecule has 0 fully saturated rings. The summed E-state index contributed by atoms with van der Waals surface area (Å²) >= 11 is 0. The fourth-order valence-corrected chi connectivity index (χ4v) is 0.896. The molecule has 1 aromatic rings. The summed E-state index contributed by atoms with van der Waals surface area (Å²) in [6.07, 6.45) is -0.326. The molecule has 6 nitrogen and oxygen atoms in total. The molecule has 3 N–H and O–H groups in total. The first-order valence-corrected chi connectivity index (χ1v) is 4.35. The second-order valence-corrected chi connectivity index (χ2v) is 2.97. The highest BCUT2D eigenvalue weighted by molar-refractivity contribution is 5.82. The molecule has 0 aliphatic carbocycles. The number of aromatic nitrogens is 1. The second kappa shape index (κ2) is 5.16. The highest BCUT2D eigenvalue weighted by atomic mass is 16.5. The van der Waals surface area contributed by atoms with Crippen molar-refractivity contribution in [3.63, 3.8) is 0 Å². The lowest BCUT2D eigenvalue weighted by Crippen LogP contribution is -2.13. The smallest absolute Gasteiger partial charge is 0.409 e. The number of ether oxygens (including phenoxy) is 1. The van der Waals surface area contributed by atoms with Crippen LogP contribution in [0.15, 0.2) is 18.3 Å². The Bertz CT molecular complexity index is 341. The Hall–Kier alpha value is -1.82. The summed E-state index contributed by atoms with van der Waals surface area (Å²) in [5, 5.41) is 19.6. The monoisotopic (exact) mass is 212 g/mol. The van der Waals surface area contributed by atoms with E-state index in [1.54, 1.807) is 6.92 Å². The molecule has 15 heavy (non-hydrogen) atoms. The lowest BCUT2D eigenvalue weighted by atomic mass is 10.4. The van der Waals surface area contributed by atoms with Gasteiger partial charge in [-0.05, 0) is 13.0 Å². The Kier molecular flexibility index (Phi) is 3.87. The Balaban J connectivity index is 2.61. The van der Waals surface area contributed by atoms with Crippen LogP contribution in [-0.4, -0.2) is 34.0 Å². The topological polar surface area (TPSA) is 91.7 Å². The second-order valence-electron chi connectivity index (χ2n) is 2.97. The number of carboxylic acid groups (broad SMARTS) is 1. The minimum absolute atomic E-state index is 0.115. The molecule has 1 unspecified atom stereocenters. The molecule has 0 saturated heterocycles. The molecule has 0 radical (unpaired) electrons. The van der Waals surface area contributed by atoms with Crippen LogP contribution in [0.5, 0.6) is 5.88 Å². The number of nitrogens with one attached hydrogen (secondary N) is 1. The number of nitrogens with zero attached hydrogens (tertiary/aromatic N) is 1. The van der Waals surface area contributed by atoms with Crippen LogP contribution in [0.25, 0.3) is 0 Å². The average molecular weight is 212 g/mol. The lowest BCUT2D eigenvalue weighted by molar-refractivity contribution is 0.120. The fourth-order valence-electron chi connectivity index (χ4n) is 0.896. The van der Waals surface area contributed by atoms with Crippen molar-refractivity contribution in [1.29, 1.82) is 0 Å². The maximum atomic E-state index is 10.3. The van der Waals surface area contributed by atoms with Crippen molar-refractivity contribution in [2.24, 2.45) is 0 Å². The minimum atomic E-state index is -1.15. The van der Waals surface area contributed by atoms with E-state index >= 15 is 0 Å². The van der Waals surface area contributed by atoms with E-state index in [4.69, 9.17) is 14.9 Å². The van der Waals surface area contributed by atoms with Gasteiger partial charge in [0.15, 0.2) is 0 Å². The van der Waals surface area contributed by atoms with E-state index in [0.717, 1.165) is 0 Å². The Morgan fingerprint density at radius 3 is 3.07 bits per heavy atom. The molecule has 1 amide bonds. The number of anilines is 1. The van der Waals surface area contributed by atoms with Crippen LogP contribution in [-0.2, 0) is 0 Å². The van der Waals surface area contributed by atoms with E-state index in [1.165, 1.54) is 18.3 Å². The fraction of sp³-hybridized carbons (Fsp3) is 0.333. The van der Waals surface area contributed by atoms with E-state index in [-0.39, 0.29) is 12.5 Å². The molecule has 0 aliphatic rings. The molecule has 1 aromatic heterocycles. The van der Waals surface area contributed by atoms with Crippen molar-refractivity contribution in [3.8, 4) is 5.88 Å². The quantitative estimate of drug-likeness (QED) is 0.690. The molecule has 1 atom stereocenters. The molecule has 82 valence electrons. The summed E-state index contributed by atoms with van der Waals surface area (Å²) < 4.78 is 5.10. The van der Waals surface area contributed by atoms with Crippen molar-refractivity contribution in [2.45, 2.75) is 13.0 Å². The van der Waals surface area contributed by atoms with Gasteiger partial charge in [0.1, 0.15) is 6.61 Å². The van der Waals surface area contributed by atoms with Gasteiger partial charge in [-0.1, -0.05) is 0 Å². The molecule has 1 heterocycles. The number of aliphatic hydroxyl groups excluding tert-OH is 1. The third kappa shape index (κ3) is 4.28. The van der Waals surface area contributed by atoms with Gasteiger partial charge >= 0.3 is 6.09 Å². The van der Waals surface area contributed by atoms with Crippen LogP contribution in [0, 0.1) is 0 Å². The van der Waals surface area contributed by atoms with Gasteiger partial charge in [-0.15, -0.1) is 0 Å². The van der Waals surface area contributed by atoms with Gasteiger partial charge < -0.3 is 14.9 Å². The van der Waals surface area contributed by atoms with E-state index < -0.39 is 12.2 Å². The van der Waals surface area contributed by atoms with Crippen LogP contribution >= 0.6 is 0 Å². The van der Waals surface area contributed by atoms with Gasteiger partial charge in [-0.2, -0.15) is 0 Å². The first-order chi connectivity index (χ1) is 7.08. The predicted molar refractivity (Wildman–Crippen MR) is 53.1 cm³/mol. The first kappa shape index (κ1) is 11.3. The van der Waals surface area contributed by atoms with Crippen LogP contribution in [0.1, 0.15) is 6.92 Å². The van der Waals surface area contributed by atoms with Gasteiger partial charge in [0, 0.05) is 12.3 Å². The molecular formula is C9H12N2O4. The number of amides is 1. The van der Waals surface area contributed by atoms with E-state index in [0.29, 0.717) is 5.69 Å². The molecule has 0 aliphatic heterocycles. The summed E-state index contributed by atoms with van der Waals surface area (Å²) in [5.74, 6) is 0.266. The molecular weight excluding hydrogens is 200 g/mol. The zero-order valence-corrected chi connectivity index (χ0v) is 8.17. The van der Waals surface area contributed by atoms with E-state index in [2.05, 4.69) is 10.3 Å². The predicted octanol–water partition coefficient (Wildman–Crippen LogP) is 0.931. The highest BCUT2D eigenvalue weighted by Crippen LogP contribution is 2.13. The van der Waals surface area contributed by atoms with Crippen molar-refractivity contribution >= 4 is 11.8 Å². The van der Waals surface area contributed by atoms with Gasteiger partial charge in [-0.3, -0.25) is 5.32 Å². The SMILES string of the molecule is CC(O)COc1cc(NC(=O)O)ccn1. The number of hydrogen-bond acceptors (Lipinski definition) is 4. The summed E-state index contributed by atoms with van der Waals surface area (Å²) in [6.45, 7) is 1.70. The number of rotatable bonds is 4. The van der Waals surface area contributed by atoms with E-state index in [9.17, 15) is 4.79 Å².